The lowest BCUT2D eigenvalue weighted by Crippen LogP contribution is -2.12. The first kappa shape index (κ1) is 13.4. The van der Waals surface area contributed by atoms with Crippen LogP contribution < -0.4 is 5.73 Å². The van der Waals surface area contributed by atoms with Crippen LogP contribution in [-0.4, -0.2) is 9.97 Å². The molecule has 0 atom stereocenters. The van der Waals surface area contributed by atoms with Gasteiger partial charge in [-0.05, 0) is 17.2 Å². The summed E-state index contributed by atoms with van der Waals surface area (Å²) in [5, 5.41) is -0.0367. The van der Waals surface area contributed by atoms with Crippen molar-refractivity contribution in [2.75, 3.05) is 5.73 Å². The van der Waals surface area contributed by atoms with Gasteiger partial charge in [-0.25, -0.2) is 9.97 Å². The van der Waals surface area contributed by atoms with E-state index in [0.29, 0.717) is 11.1 Å². The molecule has 0 spiro atoms. The number of halogens is 3. The molecule has 0 aliphatic heterocycles. The Balaban J connectivity index is 2.42. The zero-order valence-corrected chi connectivity index (χ0v) is 10.7. The summed E-state index contributed by atoms with van der Waals surface area (Å²) in [5.74, 6) is -0.389. The highest BCUT2D eigenvalue weighted by Gasteiger charge is 2.36. The van der Waals surface area contributed by atoms with Crippen molar-refractivity contribution in [3.05, 3.63) is 54.2 Å². The van der Waals surface area contributed by atoms with E-state index in [1.54, 1.807) is 42.5 Å². The summed E-state index contributed by atoms with van der Waals surface area (Å²) in [7, 11) is 0. The zero-order valence-electron chi connectivity index (χ0n) is 10.7. The summed E-state index contributed by atoms with van der Waals surface area (Å²) in [6.45, 7) is 0. The Labute approximate surface area is 118 Å². The minimum Gasteiger partial charge on any atom is -0.368 e. The van der Waals surface area contributed by atoms with Crippen LogP contribution in [0.15, 0.2) is 48.5 Å². The topological polar surface area (TPSA) is 51.8 Å². The molecular formula is C15H10F3N3. The molecule has 0 unspecified atom stereocenters. The summed E-state index contributed by atoms with van der Waals surface area (Å²) >= 11 is 0. The van der Waals surface area contributed by atoms with Gasteiger partial charge in [0.25, 0.3) is 0 Å². The van der Waals surface area contributed by atoms with E-state index in [1.807, 2.05) is 0 Å². The molecule has 1 aromatic heterocycles. The van der Waals surface area contributed by atoms with Crippen LogP contribution in [0.25, 0.3) is 22.0 Å². The van der Waals surface area contributed by atoms with Crippen LogP contribution in [0.2, 0.25) is 0 Å². The van der Waals surface area contributed by atoms with Gasteiger partial charge in [0.05, 0.1) is 5.52 Å². The number of benzene rings is 2. The third-order valence-corrected chi connectivity index (χ3v) is 3.09. The summed E-state index contributed by atoms with van der Waals surface area (Å²) in [4.78, 5) is 7.30. The van der Waals surface area contributed by atoms with Crippen molar-refractivity contribution in [3.8, 4) is 11.1 Å². The maximum Gasteiger partial charge on any atom is 0.434 e. The van der Waals surface area contributed by atoms with E-state index in [4.69, 9.17) is 5.73 Å². The molecule has 1 heterocycles. The second kappa shape index (κ2) is 4.73. The Morgan fingerprint density at radius 2 is 1.57 bits per heavy atom. The number of hydrogen-bond acceptors (Lipinski definition) is 3. The van der Waals surface area contributed by atoms with Crippen LogP contribution in [0.1, 0.15) is 5.69 Å². The summed E-state index contributed by atoms with van der Waals surface area (Å²) < 4.78 is 39.7. The molecule has 0 aliphatic rings. The summed E-state index contributed by atoms with van der Waals surface area (Å²) in [5.41, 5.74) is 5.65. The highest BCUT2D eigenvalue weighted by atomic mass is 19.4. The molecule has 2 aromatic carbocycles. The van der Waals surface area contributed by atoms with Crippen LogP contribution in [0.4, 0.5) is 19.1 Å². The van der Waals surface area contributed by atoms with Gasteiger partial charge in [-0.1, -0.05) is 42.5 Å². The molecule has 0 saturated heterocycles. The number of hydrogen-bond donors (Lipinski definition) is 1. The molecular weight excluding hydrogens is 279 g/mol. The van der Waals surface area contributed by atoms with E-state index in [1.165, 1.54) is 6.07 Å². The van der Waals surface area contributed by atoms with Crippen LogP contribution in [0, 0.1) is 0 Å². The monoisotopic (exact) mass is 289 g/mol. The van der Waals surface area contributed by atoms with E-state index < -0.39 is 11.9 Å². The number of anilines is 1. The molecule has 0 bridgehead atoms. The molecule has 3 aromatic rings. The van der Waals surface area contributed by atoms with Gasteiger partial charge in [0.15, 0.2) is 5.69 Å². The molecule has 0 saturated carbocycles. The van der Waals surface area contributed by atoms with Crippen LogP contribution in [0.3, 0.4) is 0 Å². The first-order valence-corrected chi connectivity index (χ1v) is 6.15. The molecule has 0 radical (unpaired) electrons. The van der Waals surface area contributed by atoms with E-state index >= 15 is 0 Å². The summed E-state index contributed by atoms with van der Waals surface area (Å²) in [6.07, 6.45) is -4.60. The molecule has 0 aliphatic carbocycles. The Bertz CT molecular complexity index is 798. The number of nitrogens with zero attached hydrogens (tertiary/aromatic N) is 2. The van der Waals surface area contributed by atoms with Crippen LogP contribution >= 0.6 is 0 Å². The van der Waals surface area contributed by atoms with Gasteiger partial charge in [-0.2, -0.15) is 13.2 Å². The second-order valence-electron chi connectivity index (χ2n) is 4.49. The molecule has 106 valence electrons. The fraction of sp³-hybridized carbons (Fsp3) is 0.0667. The zero-order chi connectivity index (χ0) is 15.0. The minimum absolute atomic E-state index is 0.0367. The fourth-order valence-electron chi connectivity index (χ4n) is 2.26. The average molecular weight is 289 g/mol. The van der Waals surface area contributed by atoms with E-state index in [-0.39, 0.29) is 16.9 Å². The van der Waals surface area contributed by atoms with Gasteiger partial charge in [-0.15, -0.1) is 0 Å². The Morgan fingerprint density at radius 3 is 2.24 bits per heavy atom. The maximum absolute atomic E-state index is 13.2. The third kappa shape index (κ3) is 2.40. The first-order chi connectivity index (χ1) is 9.97. The van der Waals surface area contributed by atoms with Crippen LogP contribution in [-0.2, 0) is 6.18 Å². The highest BCUT2D eigenvalue weighted by molar-refractivity contribution is 5.97. The van der Waals surface area contributed by atoms with Gasteiger partial charge in [-0.3, -0.25) is 0 Å². The largest absolute Gasteiger partial charge is 0.434 e. The predicted octanol–water partition coefficient (Wildman–Crippen LogP) is 3.90. The average Bonchev–Trinajstić information content (AvgIpc) is 2.45. The molecule has 0 amide bonds. The number of nitrogen functional groups attached to an aromatic ring is 1. The van der Waals surface area contributed by atoms with Gasteiger partial charge in [0.1, 0.15) is 0 Å². The van der Waals surface area contributed by atoms with Crippen molar-refractivity contribution in [1.29, 1.82) is 0 Å². The normalized spacial score (nSPS) is 11.8. The van der Waals surface area contributed by atoms with Gasteiger partial charge < -0.3 is 5.73 Å². The van der Waals surface area contributed by atoms with Gasteiger partial charge >= 0.3 is 6.18 Å². The standard InChI is InChI=1S/C15H10F3N3/c16-15(17,18)13-12-10(9-5-2-1-3-6-9)7-4-8-11(12)20-14(19)21-13/h1-8H,(H2,19,20,21). The molecule has 3 rings (SSSR count). The quantitative estimate of drug-likeness (QED) is 0.739. The smallest absolute Gasteiger partial charge is 0.368 e. The first-order valence-electron chi connectivity index (χ1n) is 6.15. The lowest BCUT2D eigenvalue weighted by atomic mass is 9.99. The van der Waals surface area contributed by atoms with E-state index in [2.05, 4.69) is 9.97 Å². The Kier molecular flexibility index (Phi) is 3.01. The predicted molar refractivity (Wildman–Crippen MR) is 74.4 cm³/mol. The number of fused-ring (bicyclic) bond motifs is 1. The van der Waals surface area contributed by atoms with Crippen molar-refractivity contribution in [3.63, 3.8) is 0 Å². The van der Waals surface area contributed by atoms with E-state index in [0.717, 1.165) is 0 Å². The van der Waals surface area contributed by atoms with Crippen molar-refractivity contribution >= 4 is 16.9 Å². The minimum atomic E-state index is -4.60. The van der Waals surface area contributed by atoms with Crippen molar-refractivity contribution < 1.29 is 13.2 Å². The number of rotatable bonds is 1. The molecule has 3 nitrogen and oxygen atoms in total. The summed E-state index contributed by atoms with van der Waals surface area (Å²) in [6, 6.07) is 13.6. The SMILES string of the molecule is Nc1nc(C(F)(F)F)c2c(-c3ccccc3)cccc2n1. The number of aromatic nitrogens is 2. The van der Waals surface area contributed by atoms with Gasteiger partial charge in [0.2, 0.25) is 5.95 Å². The number of alkyl halides is 3. The molecule has 0 fully saturated rings. The third-order valence-electron chi connectivity index (χ3n) is 3.09. The van der Waals surface area contributed by atoms with E-state index in [9.17, 15) is 13.2 Å². The lowest BCUT2D eigenvalue weighted by Gasteiger charge is -2.13. The molecule has 6 heteroatoms. The highest BCUT2D eigenvalue weighted by Crippen LogP contribution is 2.38. The lowest BCUT2D eigenvalue weighted by molar-refractivity contribution is -0.139. The second-order valence-corrected chi connectivity index (χ2v) is 4.49. The van der Waals surface area contributed by atoms with Crippen molar-refractivity contribution in [2.45, 2.75) is 6.18 Å². The van der Waals surface area contributed by atoms with Crippen molar-refractivity contribution in [2.24, 2.45) is 0 Å². The molecule has 2 N–H and O–H groups in total. The van der Waals surface area contributed by atoms with Crippen LogP contribution in [0.5, 0.6) is 0 Å². The number of nitrogens with two attached hydrogens (primary N) is 1. The Hall–Kier alpha value is -2.63. The Morgan fingerprint density at radius 1 is 0.857 bits per heavy atom. The fourth-order valence-corrected chi connectivity index (χ4v) is 2.26. The van der Waals surface area contributed by atoms with Crippen molar-refractivity contribution in [1.82, 2.24) is 9.97 Å². The van der Waals surface area contributed by atoms with Gasteiger partial charge in [0, 0.05) is 5.39 Å². The maximum atomic E-state index is 13.2. The molecule has 21 heavy (non-hydrogen) atoms.